The molecule has 1 rings (SSSR count). The first-order valence-electron chi connectivity index (χ1n) is 8.10. The molecule has 0 amide bonds. The highest BCUT2D eigenvalue weighted by atomic mass is 35.5. The average Bonchev–Trinajstić information content (AvgIpc) is 2.52. The zero-order valence-corrected chi connectivity index (χ0v) is 15.3. The summed E-state index contributed by atoms with van der Waals surface area (Å²) in [4.78, 5) is 0. The van der Waals surface area contributed by atoms with E-state index < -0.39 is 6.10 Å². The van der Waals surface area contributed by atoms with Crippen molar-refractivity contribution in [3.05, 3.63) is 58.2 Å². The van der Waals surface area contributed by atoms with E-state index in [1.165, 1.54) is 6.07 Å². The van der Waals surface area contributed by atoms with E-state index >= 15 is 0 Å². The van der Waals surface area contributed by atoms with E-state index in [2.05, 4.69) is 6.58 Å². The van der Waals surface area contributed by atoms with Crippen LogP contribution in [0.15, 0.2) is 47.6 Å². The Bertz CT molecular complexity index is 630. The molecule has 0 saturated heterocycles. The summed E-state index contributed by atoms with van der Waals surface area (Å²) in [5.74, 6) is 0.348. The fourth-order valence-corrected chi connectivity index (χ4v) is 2.63. The SMILES string of the molecule is C=C(/C(=C/CO)C(O)CC/C(C)=C/c1ccc(O)cc1Cl)C(C)C. The molecule has 0 fully saturated rings. The molecule has 132 valence electrons. The molecule has 24 heavy (non-hydrogen) atoms. The van der Waals surface area contributed by atoms with Crippen LogP contribution in [0.5, 0.6) is 5.75 Å². The van der Waals surface area contributed by atoms with Crippen molar-refractivity contribution in [2.45, 2.75) is 39.7 Å². The Morgan fingerprint density at radius 3 is 2.54 bits per heavy atom. The van der Waals surface area contributed by atoms with Gasteiger partial charge in [0.2, 0.25) is 0 Å². The smallest absolute Gasteiger partial charge is 0.117 e. The van der Waals surface area contributed by atoms with E-state index in [9.17, 15) is 10.2 Å². The molecule has 3 N–H and O–H groups in total. The molecule has 0 aromatic heterocycles. The summed E-state index contributed by atoms with van der Waals surface area (Å²) in [5, 5.41) is 29.5. The number of hydrogen-bond acceptors (Lipinski definition) is 3. The number of hydrogen-bond donors (Lipinski definition) is 3. The zero-order chi connectivity index (χ0) is 18.3. The van der Waals surface area contributed by atoms with E-state index in [-0.39, 0.29) is 18.3 Å². The Balaban J connectivity index is 2.77. The van der Waals surface area contributed by atoms with Gasteiger partial charge in [-0.3, -0.25) is 0 Å². The minimum atomic E-state index is -0.661. The van der Waals surface area contributed by atoms with Gasteiger partial charge < -0.3 is 15.3 Å². The Hall–Kier alpha value is -1.55. The van der Waals surface area contributed by atoms with Gasteiger partial charge in [-0.05, 0) is 60.6 Å². The van der Waals surface area contributed by atoms with Crippen LogP contribution in [-0.2, 0) is 0 Å². The second kappa shape index (κ2) is 9.67. The van der Waals surface area contributed by atoms with Gasteiger partial charge in [-0.2, -0.15) is 0 Å². The van der Waals surface area contributed by atoms with Gasteiger partial charge in [-0.15, -0.1) is 0 Å². The zero-order valence-electron chi connectivity index (χ0n) is 14.6. The topological polar surface area (TPSA) is 60.7 Å². The van der Waals surface area contributed by atoms with Gasteiger partial charge in [-0.25, -0.2) is 0 Å². The quantitative estimate of drug-likeness (QED) is 0.594. The van der Waals surface area contributed by atoms with Gasteiger partial charge in [0, 0.05) is 0 Å². The first-order valence-corrected chi connectivity index (χ1v) is 8.47. The van der Waals surface area contributed by atoms with Gasteiger partial charge in [0.05, 0.1) is 17.7 Å². The van der Waals surface area contributed by atoms with Crippen molar-refractivity contribution in [1.29, 1.82) is 0 Å². The summed E-state index contributed by atoms with van der Waals surface area (Å²) < 4.78 is 0. The highest BCUT2D eigenvalue weighted by molar-refractivity contribution is 6.32. The van der Waals surface area contributed by atoms with Crippen LogP contribution >= 0.6 is 11.6 Å². The fraction of sp³-hybridized carbons (Fsp3) is 0.400. The van der Waals surface area contributed by atoms with E-state index in [4.69, 9.17) is 16.7 Å². The third-order valence-electron chi connectivity index (χ3n) is 3.94. The Kier molecular flexibility index (Phi) is 8.26. The molecular formula is C20H27ClO3. The van der Waals surface area contributed by atoms with Crippen LogP contribution in [0, 0.1) is 5.92 Å². The number of allylic oxidation sites excluding steroid dienone is 1. The Morgan fingerprint density at radius 2 is 2.00 bits per heavy atom. The predicted molar refractivity (Wildman–Crippen MR) is 101 cm³/mol. The first-order chi connectivity index (χ1) is 11.3. The van der Waals surface area contributed by atoms with Crippen LogP contribution in [0.2, 0.25) is 5.02 Å². The summed E-state index contributed by atoms with van der Waals surface area (Å²) >= 11 is 6.10. The third-order valence-corrected chi connectivity index (χ3v) is 4.26. The Labute approximate surface area is 149 Å². The maximum absolute atomic E-state index is 10.4. The molecule has 1 atom stereocenters. The molecule has 1 aromatic carbocycles. The normalized spacial score (nSPS) is 14.1. The number of phenols is 1. The maximum Gasteiger partial charge on any atom is 0.117 e. The van der Waals surface area contributed by atoms with Gasteiger partial charge in [0.15, 0.2) is 0 Å². The summed E-state index contributed by atoms with van der Waals surface area (Å²) in [6.07, 6.45) is 4.14. The molecule has 0 saturated carbocycles. The van der Waals surface area contributed by atoms with Crippen LogP contribution in [0.4, 0.5) is 0 Å². The highest BCUT2D eigenvalue weighted by Gasteiger charge is 2.16. The van der Waals surface area contributed by atoms with Crippen LogP contribution in [0.1, 0.15) is 39.2 Å². The van der Waals surface area contributed by atoms with Crippen LogP contribution < -0.4 is 0 Å². The van der Waals surface area contributed by atoms with Gasteiger partial charge in [0.25, 0.3) is 0 Å². The van der Waals surface area contributed by atoms with Crippen molar-refractivity contribution in [1.82, 2.24) is 0 Å². The van der Waals surface area contributed by atoms with Crippen molar-refractivity contribution in [3.8, 4) is 5.75 Å². The van der Waals surface area contributed by atoms with Gasteiger partial charge in [-0.1, -0.05) is 49.8 Å². The summed E-state index contributed by atoms with van der Waals surface area (Å²) in [6, 6.07) is 4.86. The molecule has 1 unspecified atom stereocenters. The number of benzene rings is 1. The minimum absolute atomic E-state index is 0.115. The molecule has 0 radical (unpaired) electrons. The van der Waals surface area contributed by atoms with E-state index in [0.29, 0.717) is 23.4 Å². The standard InChI is InChI=1S/C20H27ClO3/c1-13(2)15(4)18(9-10-22)20(24)8-5-14(3)11-16-6-7-17(23)12-19(16)21/h6-7,9,11-13,20,22-24H,4-5,8,10H2,1-3H3/b14-11+,18-9-. The second-order valence-corrected chi connectivity index (χ2v) is 6.68. The lowest BCUT2D eigenvalue weighted by Crippen LogP contribution is -2.15. The van der Waals surface area contributed by atoms with Gasteiger partial charge in [0.1, 0.15) is 5.75 Å². The minimum Gasteiger partial charge on any atom is -0.508 e. The van der Waals surface area contributed by atoms with E-state index in [0.717, 1.165) is 16.7 Å². The van der Waals surface area contributed by atoms with Crippen LogP contribution in [0.25, 0.3) is 6.08 Å². The molecule has 0 aliphatic rings. The number of aromatic hydroxyl groups is 1. The second-order valence-electron chi connectivity index (χ2n) is 6.27. The van der Waals surface area contributed by atoms with Crippen molar-refractivity contribution >= 4 is 17.7 Å². The summed E-state index contributed by atoms with van der Waals surface area (Å²) in [6.45, 7) is 9.90. The van der Waals surface area contributed by atoms with Crippen molar-refractivity contribution in [3.63, 3.8) is 0 Å². The number of halogens is 1. The lowest BCUT2D eigenvalue weighted by atomic mass is 9.90. The number of rotatable bonds is 8. The monoisotopic (exact) mass is 350 g/mol. The van der Waals surface area contributed by atoms with Crippen molar-refractivity contribution in [2.24, 2.45) is 5.92 Å². The van der Waals surface area contributed by atoms with Crippen LogP contribution in [-0.4, -0.2) is 28.0 Å². The first kappa shape index (κ1) is 20.5. The van der Waals surface area contributed by atoms with Crippen molar-refractivity contribution < 1.29 is 15.3 Å². The number of phenolic OH excluding ortho intramolecular Hbond substituents is 1. The molecule has 0 spiro atoms. The summed E-state index contributed by atoms with van der Waals surface area (Å²) in [7, 11) is 0. The summed E-state index contributed by atoms with van der Waals surface area (Å²) in [5.41, 5.74) is 3.46. The Morgan fingerprint density at radius 1 is 1.33 bits per heavy atom. The third kappa shape index (κ3) is 6.16. The lowest BCUT2D eigenvalue weighted by molar-refractivity contribution is 0.199. The fourth-order valence-electron chi connectivity index (χ4n) is 2.40. The molecule has 4 heteroatoms. The maximum atomic E-state index is 10.4. The molecule has 0 aliphatic carbocycles. The average molecular weight is 351 g/mol. The largest absolute Gasteiger partial charge is 0.508 e. The number of aliphatic hydroxyl groups excluding tert-OH is 2. The molecule has 1 aromatic rings. The molecule has 0 aliphatic heterocycles. The number of aliphatic hydroxyl groups is 2. The molecular weight excluding hydrogens is 324 g/mol. The highest BCUT2D eigenvalue weighted by Crippen LogP contribution is 2.26. The van der Waals surface area contributed by atoms with E-state index in [1.807, 2.05) is 26.8 Å². The van der Waals surface area contributed by atoms with E-state index in [1.54, 1.807) is 18.2 Å². The molecule has 0 bridgehead atoms. The van der Waals surface area contributed by atoms with Gasteiger partial charge >= 0.3 is 0 Å². The predicted octanol–water partition coefficient (Wildman–Crippen LogP) is 4.72. The molecule has 3 nitrogen and oxygen atoms in total. The molecule has 0 heterocycles. The lowest BCUT2D eigenvalue weighted by Gasteiger charge is -2.20. The van der Waals surface area contributed by atoms with Crippen LogP contribution in [0.3, 0.4) is 0 Å². The van der Waals surface area contributed by atoms with Crippen molar-refractivity contribution in [2.75, 3.05) is 6.61 Å².